The molecule has 1 aromatic carbocycles. The summed E-state index contributed by atoms with van der Waals surface area (Å²) in [6.45, 7) is 1.75. The van der Waals surface area contributed by atoms with Gasteiger partial charge in [-0.25, -0.2) is 4.98 Å². The van der Waals surface area contributed by atoms with E-state index in [0.717, 1.165) is 23.9 Å². The second-order valence-corrected chi connectivity index (χ2v) is 6.01. The summed E-state index contributed by atoms with van der Waals surface area (Å²) in [5.74, 6) is -0.384. The Labute approximate surface area is 146 Å². The first-order valence-electron chi connectivity index (χ1n) is 7.45. The Hall–Kier alpha value is -2.00. The van der Waals surface area contributed by atoms with Crippen LogP contribution in [-0.4, -0.2) is 33.0 Å². The molecule has 0 atom stereocenters. The normalized spacial score (nSPS) is 11.6. The van der Waals surface area contributed by atoms with E-state index in [1.165, 1.54) is 12.3 Å². The number of aliphatic hydroxyl groups excluding tert-OH is 1. The molecule has 0 bridgehead atoms. The van der Waals surface area contributed by atoms with Gasteiger partial charge >= 0.3 is 12.1 Å². The van der Waals surface area contributed by atoms with E-state index in [4.69, 9.17) is 4.74 Å². The highest BCUT2D eigenvalue weighted by Gasteiger charge is 2.30. The quantitative estimate of drug-likeness (QED) is 0.596. The highest BCUT2D eigenvalue weighted by molar-refractivity contribution is 7.99. The van der Waals surface area contributed by atoms with Gasteiger partial charge in [0.2, 0.25) is 0 Å². The zero-order valence-corrected chi connectivity index (χ0v) is 14.2. The maximum Gasteiger partial charge on any atom is 0.416 e. The number of imidazole rings is 1. The maximum absolute atomic E-state index is 12.8. The highest BCUT2D eigenvalue weighted by Crippen LogP contribution is 2.30. The summed E-state index contributed by atoms with van der Waals surface area (Å²) in [6, 6.07) is 4.96. The molecule has 0 saturated carbocycles. The van der Waals surface area contributed by atoms with Crippen molar-refractivity contribution in [3.05, 3.63) is 47.3 Å². The predicted octanol–water partition coefficient (Wildman–Crippen LogP) is 3.10. The van der Waals surface area contributed by atoms with Crippen molar-refractivity contribution in [2.45, 2.75) is 31.4 Å². The molecule has 1 aromatic heterocycles. The Morgan fingerprint density at radius 1 is 1.40 bits per heavy atom. The van der Waals surface area contributed by atoms with Crippen LogP contribution >= 0.6 is 11.8 Å². The number of ether oxygens (including phenoxy) is 1. The Kier molecular flexibility index (Phi) is 6.49. The molecule has 0 aliphatic rings. The molecule has 0 amide bonds. The maximum atomic E-state index is 12.8. The number of alkyl halides is 3. The van der Waals surface area contributed by atoms with Gasteiger partial charge in [0.25, 0.3) is 0 Å². The van der Waals surface area contributed by atoms with Crippen LogP contribution in [0.2, 0.25) is 0 Å². The average Bonchev–Trinajstić information content (AvgIpc) is 2.94. The summed E-state index contributed by atoms with van der Waals surface area (Å²) >= 11 is 1.10. The molecule has 0 aliphatic heterocycles. The molecule has 2 rings (SSSR count). The lowest BCUT2D eigenvalue weighted by Gasteiger charge is -2.13. The number of rotatable bonds is 7. The second-order valence-electron chi connectivity index (χ2n) is 5.07. The van der Waals surface area contributed by atoms with Crippen molar-refractivity contribution in [3.8, 4) is 0 Å². The van der Waals surface area contributed by atoms with Crippen LogP contribution in [0.15, 0.2) is 35.6 Å². The first kappa shape index (κ1) is 19.3. The van der Waals surface area contributed by atoms with E-state index in [1.807, 2.05) is 0 Å². The number of benzene rings is 1. The fourth-order valence-electron chi connectivity index (χ4n) is 2.16. The monoisotopic (exact) mass is 374 g/mol. The Morgan fingerprint density at radius 3 is 2.80 bits per heavy atom. The summed E-state index contributed by atoms with van der Waals surface area (Å²) in [5.41, 5.74) is 0.126. The minimum Gasteiger partial charge on any atom is -0.465 e. The molecule has 0 radical (unpaired) electrons. The van der Waals surface area contributed by atoms with Crippen molar-refractivity contribution in [1.82, 2.24) is 9.55 Å². The minimum absolute atomic E-state index is 0.0261. The standard InChI is InChI=1S/C16H17F3N2O3S/c1-2-24-14(23)10-25-15-20-7-13(9-22)21(15)8-11-4-3-5-12(6-11)16(17,18)19/h3-7,22H,2,8-10H2,1H3. The molecule has 0 aliphatic carbocycles. The number of hydrogen-bond donors (Lipinski definition) is 1. The first-order valence-corrected chi connectivity index (χ1v) is 8.43. The van der Waals surface area contributed by atoms with Crippen LogP contribution < -0.4 is 0 Å². The average molecular weight is 374 g/mol. The zero-order valence-electron chi connectivity index (χ0n) is 13.4. The van der Waals surface area contributed by atoms with E-state index in [2.05, 4.69) is 4.98 Å². The van der Waals surface area contributed by atoms with Crippen LogP contribution in [0.5, 0.6) is 0 Å². The lowest BCUT2D eigenvalue weighted by Crippen LogP contribution is -2.11. The predicted molar refractivity (Wildman–Crippen MR) is 86.1 cm³/mol. The van der Waals surface area contributed by atoms with E-state index in [-0.39, 0.29) is 25.5 Å². The number of aromatic nitrogens is 2. The van der Waals surface area contributed by atoms with Gasteiger partial charge in [0, 0.05) is 6.54 Å². The smallest absolute Gasteiger partial charge is 0.416 e. The molecule has 2 aromatic rings. The molecule has 9 heteroatoms. The first-order chi connectivity index (χ1) is 11.8. The Balaban J connectivity index is 2.21. The number of carbonyl (C=O) groups excluding carboxylic acids is 1. The molecule has 1 heterocycles. The number of thioether (sulfide) groups is 1. The number of carbonyl (C=O) groups is 1. The Morgan fingerprint density at radius 2 is 2.16 bits per heavy atom. The SMILES string of the molecule is CCOC(=O)CSc1ncc(CO)n1Cc1cccc(C(F)(F)F)c1. The van der Waals surface area contributed by atoms with Crippen molar-refractivity contribution in [2.24, 2.45) is 0 Å². The van der Waals surface area contributed by atoms with E-state index in [1.54, 1.807) is 17.6 Å². The van der Waals surface area contributed by atoms with E-state index >= 15 is 0 Å². The van der Waals surface area contributed by atoms with Gasteiger partial charge in [-0.2, -0.15) is 13.2 Å². The summed E-state index contributed by atoms with van der Waals surface area (Å²) in [5, 5.41) is 9.84. The van der Waals surface area contributed by atoms with Crippen molar-refractivity contribution in [3.63, 3.8) is 0 Å². The molecular weight excluding hydrogens is 357 g/mol. The van der Waals surface area contributed by atoms with Crippen LogP contribution in [-0.2, 0) is 28.9 Å². The van der Waals surface area contributed by atoms with Gasteiger partial charge in [0.1, 0.15) is 0 Å². The topological polar surface area (TPSA) is 64.3 Å². The van der Waals surface area contributed by atoms with Crippen LogP contribution in [0.1, 0.15) is 23.7 Å². The van der Waals surface area contributed by atoms with Gasteiger partial charge in [-0.3, -0.25) is 4.79 Å². The third-order valence-electron chi connectivity index (χ3n) is 3.28. The Bertz CT molecular complexity index is 732. The summed E-state index contributed by atoms with van der Waals surface area (Å²) in [4.78, 5) is 15.6. The van der Waals surface area contributed by atoms with Crippen molar-refractivity contribution in [1.29, 1.82) is 0 Å². The van der Waals surface area contributed by atoms with Crippen LogP contribution in [0.4, 0.5) is 13.2 Å². The van der Waals surface area contributed by atoms with Gasteiger partial charge < -0.3 is 14.4 Å². The highest BCUT2D eigenvalue weighted by atomic mass is 32.2. The van der Waals surface area contributed by atoms with Crippen LogP contribution in [0.3, 0.4) is 0 Å². The van der Waals surface area contributed by atoms with Crippen molar-refractivity contribution < 1.29 is 27.8 Å². The molecular formula is C16H17F3N2O3S. The molecule has 0 saturated heterocycles. The summed E-state index contributed by atoms with van der Waals surface area (Å²) in [6.07, 6.45) is -2.99. The number of aliphatic hydroxyl groups is 1. The third kappa shape index (κ3) is 5.23. The van der Waals surface area contributed by atoms with Gasteiger partial charge in [0.15, 0.2) is 5.16 Å². The lowest BCUT2D eigenvalue weighted by atomic mass is 10.1. The molecule has 136 valence electrons. The molecule has 1 N–H and O–H groups in total. The van der Waals surface area contributed by atoms with Gasteiger partial charge in [-0.05, 0) is 24.6 Å². The van der Waals surface area contributed by atoms with Crippen LogP contribution in [0.25, 0.3) is 0 Å². The zero-order chi connectivity index (χ0) is 18.4. The summed E-state index contributed by atoms with van der Waals surface area (Å²) < 4.78 is 44.9. The van der Waals surface area contributed by atoms with Gasteiger partial charge in [-0.15, -0.1) is 0 Å². The van der Waals surface area contributed by atoms with E-state index in [9.17, 15) is 23.1 Å². The summed E-state index contributed by atoms with van der Waals surface area (Å²) in [7, 11) is 0. The molecule has 0 unspecified atom stereocenters. The molecule has 0 spiro atoms. The lowest BCUT2D eigenvalue weighted by molar-refractivity contribution is -0.140. The third-order valence-corrected chi connectivity index (χ3v) is 4.25. The van der Waals surface area contributed by atoms with Gasteiger partial charge in [-0.1, -0.05) is 23.9 Å². The van der Waals surface area contributed by atoms with Crippen molar-refractivity contribution in [2.75, 3.05) is 12.4 Å². The van der Waals surface area contributed by atoms with Crippen LogP contribution in [0, 0.1) is 0 Å². The minimum atomic E-state index is -4.42. The number of nitrogens with zero attached hydrogens (tertiary/aromatic N) is 2. The molecule has 5 nitrogen and oxygen atoms in total. The fraction of sp³-hybridized carbons (Fsp3) is 0.375. The fourth-order valence-corrected chi connectivity index (χ4v) is 2.95. The second kappa shape index (κ2) is 8.39. The van der Waals surface area contributed by atoms with E-state index in [0.29, 0.717) is 16.4 Å². The number of esters is 1. The molecule has 25 heavy (non-hydrogen) atoms. The van der Waals surface area contributed by atoms with Crippen molar-refractivity contribution >= 4 is 17.7 Å². The number of hydrogen-bond acceptors (Lipinski definition) is 5. The van der Waals surface area contributed by atoms with Gasteiger partial charge in [0.05, 0.1) is 36.4 Å². The van der Waals surface area contributed by atoms with E-state index < -0.39 is 17.7 Å². The largest absolute Gasteiger partial charge is 0.465 e. The number of halogens is 3. The molecule has 0 fully saturated rings.